The molecule has 22 heavy (non-hydrogen) atoms. The molecule has 0 aromatic carbocycles. The summed E-state index contributed by atoms with van der Waals surface area (Å²) in [7, 11) is 4.31. The Balaban J connectivity index is 1.95. The van der Waals surface area contributed by atoms with Gasteiger partial charge in [0.1, 0.15) is 0 Å². The van der Waals surface area contributed by atoms with Crippen molar-refractivity contribution in [1.82, 2.24) is 15.5 Å². The first-order valence-corrected chi connectivity index (χ1v) is 8.84. The van der Waals surface area contributed by atoms with Gasteiger partial charge in [-0.25, -0.2) is 4.99 Å². The number of hydrogen-bond donors (Lipinski definition) is 2. The number of guanidine groups is 1. The Morgan fingerprint density at radius 2 is 2.14 bits per heavy atom. The Kier molecular flexibility index (Phi) is 6.67. The average molecular weight is 324 g/mol. The molecule has 1 saturated heterocycles. The summed E-state index contributed by atoms with van der Waals surface area (Å²) in [6, 6.07) is 4.19. The fraction of sp³-hybridized carbons (Fsp3) is 0.688. The van der Waals surface area contributed by atoms with Gasteiger partial charge in [-0.05, 0) is 45.3 Å². The fourth-order valence-corrected chi connectivity index (χ4v) is 3.31. The quantitative estimate of drug-likeness (QED) is 0.620. The summed E-state index contributed by atoms with van der Waals surface area (Å²) in [6.45, 7) is 6.25. The minimum Gasteiger partial charge on any atom is -0.381 e. The van der Waals surface area contributed by atoms with Crippen LogP contribution >= 0.6 is 11.3 Å². The van der Waals surface area contributed by atoms with Crippen LogP contribution in [-0.2, 0) is 11.3 Å². The van der Waals surface area contributed by atoms with E-state index >= 15 is 0 Å². The first kappa shape index (κ1) is 17.2. The molecule has 1 fully saturated rings. The van der Waals surface area contributed by atoms with Crippen LogP contribution in [0.25, 0.3) is 0 Å². The van der Waals surface area contributed by atoms with Gasteiger partial charge in [-0.2, -0.15) is 0 Å². The zero-order valence-corrected chi connectivity index (χ0v) is 14.7. The minimum absolute atomic E-state index is 0.150. The molecule has 0 spiro atoms. The zero-order chi connectivity index (χ0) is 15.8. The van der Waals surface area contributed by atoms with E-state index in [1.165, 1.54) is 4.88 Å². The number of rotatable bonds is 6. The van der Waals surface area contributed by atoms with Crippen molar-refractivity contribution in [2.24, 2.45) is 4.99 Å². The summed E-state index contributed by atoms with van der Waals surface area (Å²) in [6.07, 6.45) is 2.11. The maximum atomic E-state index is 5.53. The number of aliphatic imine (C=N–C) groups is 1. The van der Waals surface area contributed by atoms with Crippen molar-refractivity contribution >= 4 is 17.3 Å². The van der Waals surface area contributed by atoms with Gasteiger partial charge in [0.2, 0.25) is 0 Å². The summed E-state index contributed by atoms with van der Waals surface area (Å²) in [4.78, 5) is 8.29. The van der Waals surface area contributed by atoms with Crippen LogP contribution in [0.2, 0.25) is 0 Å². The maximum absolute atomic E-state index is 5.53. The van der Waals surface area contributed by atoms with E-state index in [4.69, 9.17) is 4.74 Å². The highest BCUT2D eigenvalue weighted by atomic mass is 32.1. The third kappa shape index (κ3) is 4.69. The lowest BCUT2D eigenvalue weighted by atomic mass is 9.88. The fourth-order valence-electron chi connectivity index (χ4n) is 2.68. The summed E-state index contributed by atoms with van der Waals surface area (Å²) >= 11 is 1.75. The molecular weight excluding hydrogens is 296 g/mol. The monoisotopic (exact) mass is 324 g/mol. The molecule has 0 amide bonds. The SMILES string of the molecule is CCNC(=NCc1cccs1)NCC1(N(C)C)CCOCC1. The Morgan fingerprint density at radius 1 is 1.36 bits per heavy atom. The van der Waals surface area contributed by atoms with E-state index in [-0.39, 0.29) is 5.54 Å². The van der Waals surface area contributed by atoms with Crippen LogP contribution in [0.3, 0.4) is 0 Å². The molecule has 0 unspecified atom stereocenters. The molecule has 0 saturated carbocycles. The summed E-state index contributed by atoms with van der Waals surface area (Å²) in [5.41, 5.74) is 0.150. The van der Waals surface area contributed by atoms with Gasteiger partial charge in [0.05, 0.1) is 6.54 Å². The van der Waals surface area contributed by atoms with E-state index in [2.05, 4.69) is 59.1 Å². The summed E-state index contributed by atoms with van der Waals surface area (Å²) < 4.78 is 5.53. The van der Waals surface area contributed by atoms with Gasteiger partial charge in [-0.15, -0.1) is 11.3 Å². The Hall–Kier alpha value is -1.11. The Labute approximate surface area is 137 Å². The molecule has 0 bridgehead atoms. The normalized spacial score (nSPS) is 18.5. The third-order valence-corrected chi connectivity index (χ3v) is 5.14. The van der Waals surface area contributed by atoms with E-state index in [1.54, 1.807) is 11.3 Å². The Morgan fingerprint density at radius 3 is 2.73 bits per heavy atom. The molecule has 2 rings (SSSR count). The average Bonchev–Trinajstić information content (AvgIpc) is 3.04. The molecule has 0 atom stereocenters. The lowest BCUT2D eigenvalue weighted by Crippen LogP contribution is -2.57. The largest absolute Gasteiger partial charge is 0.381 e. The van der Waals surface area contributed by atoms with Gasteiger partial charge in [0.15, 0.2) is 5.96 Å². The molecule has 1 aliphatic heterocycles. The van der Waals surface area contributed by atoms with Crippen molar-refractivity contribution in [3.63, 3.8) is 0 Å². The minimum atomic E-state index is 0.150. The van der Waals surface area contributed by atoms with Crippen molar-refractivity contribution in [3.8, 4) is 0 Å². The second kappa shape index (κ2) is 8.50. The standard InChI is InChI=1S/C16H28N4OS/c1-4-17-15(18-12-14-6-5-11-22-14)19-13-16(20(2)3)7-9-21-10-8-16/h5-6,11H,4,7-10,12-13H2,1-3H3,(H2,17,18,19). The molecule has 1 aromatic heterocycles. The number of nitrogens with one attached hydrogen (secondary N) is 2. The summed E-state index contributed by atoms with van der Waals surface area (Å²) in [5, 5.41) is 8.95. The molecule has 124 valence electrons. The van der Waals surface area contributed by atoms with Crippen LogP contribution in [0.4, 0.5) is 0 Å². The van der Waals surface area contributed by atoms with E-state index in [0.717, 1.165) is 51.6 Å². The van der Waals surface area contributed by atoms with Crippen LogP contribution < -0.4 is 10.6 Å². The molecule has 2 heterocycles. The number of ether oxygens (including phenoxy) is 1. The molecular formula is C16H28N4OS. The van der Waals surface area contributed by atoms with E-state index < -0.39 is 0 Å². The maximum Gasteiger partial charge on any atom is 0.191 e. The van der Waals surface area contributed by atoms with Crippen molar-refractivity contribution in [2.45, 2.75) is 31.8 Å². The van der Waals surface area contributed by atoms with Gasteiger partial charge in [-0.1, -0.05) is 6.07 Å². The number of nitrogens with zero attached hydrogens (tertiary/aromatic N) is 2. The number of thiophene rings is 1. The van der Waals surface area contributed by atoms with Crippen LogP contribution in [0.5, 0.6) is 0 Å². The molecule has 0 radical (unpaired) electrons. The van der Waals surface area contributed by atoms with E-state index in [0.29, 0.717) is 0 Å². The second-order valence-corrected chi connectivity index (χ2v) is 6.89. The van der Waals surface area contributed by atoms with Gasteiger partial charge in [-0.3, -0.25) is 0 Å². The van der Waals surface area contributed by atoms with Crippen molar-refractivity contribution < 1.29 is 4.74 Å². The number of hydrogen-bond acceptors (Lipinski definition) is 4. The van der Waals surface area contributed by atoms with Crippen LogP contribution in [0.15, 0.2) is 22.5 Å². The Bertz CT molecular complexity index is 453. The first-order valence-electron chi connectivity index (χ1n) is 7.96. The molecule has 5 nitrogen and oxygen atoms in total. The highest BCUT2D eigenvalue weighted by Gasteiger charge is 2.34. The van der Waals surface area contributed by atoms with Crippen LogP contribution in [0, 0.1) is 0 Å². The third-order valence-electron chi connectivity index (χ3n) is 4.27. The highest BCUT2D eigenvalue weighted by Crippen LogP contribution is 2.25. The van der Waals surface area contributed by atoms with Gasteiger partial charge >= 0.3 is 0 Å². The number of likely N-dealkylation sites (N-methyl/N-ethyl adjacent to an activating group) is 1. The van der Waals surface area contributed by atoms with Gasteiger partial charge in [0.25, 0.3) is 0 Å². The lowest BCUT2D eigenvalue weighted by molar-refractivity contribution is -0.00501. The molecule has 2 N–H and O–H groups in total. The first-order chi connectivity index (χ1) is 10.7. The predicted molar refractivity (Wildman–Crippen MR) is 93.6 cm³/mol. The van der Waals surface area contributed by atoms with Gasteiger partial charge < -0.3 is 20.3 Å². The molecule has 1 aliphatic rings. The van der Waals surface area contributed by atoms with E-state index in [1.807, 2.05) is 0 Å². The smallest absolute Gasteiger partial charge is 0.191 e. The van der Waals surface area contributed by atoms with Crippen molar-refractivity contribution in [2.75, 3.05) is 40.4 Å². The van der Waals surface area contributed by atoms with E-state index in [9.17, 15) is 0 Å². The van der Waals surface area contributed by atoms with Crippen molar-refractivity contribution in [1.29, 1.82) is 0 Å². The van der Waals surface area contributed by atoms with Crippen LogP contribution in [-0.4, -0.2) is 56.8 Å². The molecule has 1 aromatic rings. The molecule has 0 aliphatic carbocycles. The second-order valence-electron chi connectivity index (χ2n) is 5.86. The highest BCUT2D eigenvalue weighted by molar-refractivity contribution is 7.09. The predicted octanol–water partition coefficient (Wildman–Crippen LogP) is 1.91. The summed E-state index contributed by atoms with van der Waals surface area (Å²) in [5.74, 6) is 0.892. The zero-order valence-electron chi connectivity index (χ0n) is 13.9. The topological polar surface area (TPSA) is 48.9 Å². The van der Waals surface area contributed by atoms with Gasteiger partial charge in [0, 0.05) is 36.7 Å². The molecule has 6 heteroatoms. The van der Waals surface area contributed by atoms with Crippen molar-refractivity contribution in [3.05, 3.63) is 22.4 Å². The van der Waals surface area contributed by atoms with Crippen LogP contribution in [0.1, 0.15) is 24.6 Å². The lowest BCUT2D eigenvalue weighted by Gasteiger charge is -2.43.